The average Bonchev–Trinajstić information content (AvgIpc) is 3.21. The fourth-order valence-corrected chi connectivity index (χ4v) is 4.80. The van der Waals surface area contributed by atoms with Crippen LogP contribution in [0.25, 0.3) is 11.1 Å². The van der Waals surface area contributed by atoms with E-state index in [1.165, 1.54) is 29.2 Å². The van der Waals surface area contributed by atoms with Gasteiger partial charge >= 0.3 is 6.09 Å². The lowest BCUT2D eigenvalue weighted by Crippen LogP contribution is -2.32. The summed E-state index contributed by atoms with van der Waals surface area (Å²) >= 11 is 11.6. The molecule has 1 amide bonds. The third-order valence-electron chi connectivity index (χ3n) is 5.64. The molecule has 1 saturated heterocycles. The molecular weight excluding hydrogens is 647 g/mol. The number of cyclic esters (lactones) is 1. The van der Waals surface area contributed by atoms with Crippen molar-refractivity contribution in [3.63, 3.8) is 0 Å². The number of benzene rings is 2. The van der Waals surface area contributed by atoms with E-state index >= 15 is 4.39 Å². The monoisotopic (exact) mass is 664 g/mol. The first-order valence-corrected chi connectivity index (χ1v) is 13.1. The molecule has 9 nitrogen and oxygen atoms in total. The molecule has 3 aromatic carbocycles. The molecule has 0 saturated carbocycles. The average molecular weight is 666 g/mol. The molecule has 2 N–H and O–H groups in total. The van der Waals surface area contributed by atoms with Gasteiger partial charge in [-0.1, -0.05) is 12.2 Å². The summed E-state index contributed by atoms with van der Waals surface area (Å²) in [4.78, 5) is 37.7. The quantitative estimate of drug-likeness (QED) is 0.172. The molecule has 38 heavy (non-hydrogen) atoms. The molecular formula is C25H19Br2FN4O5S. The summed E-state index contributed by atoms with van der Waals surface area (Å²) in [5, 5.41) is 16.7. The third kappa shape index (κ3) is 6.17. The predicted molar refractivity (Wildman–Crippen MR) is 154 cm³/mol. The van der Waals surface area contributed by atoms with Crippen LogP contribution in [0.2, 0.25) is 0 Å². The highest BCUT2D eigenvalue weighted by atomic mass is 79.9. The second-order valence-corrected chi connectivity index (χ2v) is 10.6. The molecule has 4 rings (SSSR count). The van der Waals surface area contributed by atoms with Crippen LogP contribution in [0.5, 0.6) is 0 Å². The van der Waals surface area contributed by atoms with E-state index in [1.807, 2.05) is 0 Å². The molecule has 1 fully saturated rings. The van der Waals surface area contributed by atoms with Gasteiger partial charge in [-0.05, 0) is 92.4 Å². The van der Waals surface area contributed by atoms with Gasteiger partial charge in [0.2, 0.25) is 5.43 Å². The number of carbonyl (C=O) groups excluding carboxylic acids is 1. The van der Waals surface area contributed by atoms with Crippen LogP contribution in [0, 0.1) is 15.9 Å². The van der Waals surface area contributed by atoms with E-state index in [-0.39, 0.29) is 28.1 Å². The number of thiocarbonyl (C=S) groups is 1. The highest BCUT2D eigenvalue weighted by Crippen LogP contribution is 2.32. The highest BCUT2D eigenvalue weighted by molar-refractivity contribution is 9.11. The summed E-state index contributed by atoms with van der Waals surface area (Å²) in [6, 6.07) is 13.3. The Morgan fingerprint density at radius 3 is 2.45 bits per heavy atom. The third-order valence-corrected chi connectivity index (χ3v) is 6.99. The molecule has 3 aromatic rings. The molecule has 0 spiro atoms. The first-order chi connectivity index (χ1) is 18.0. The Balaban J connectivity index is 1.59. The van der Waals surface area contributed by atoms with Crippen molar-refractivity contribution >= 4 is 77.9 Å². The normalized spacial score (nSPS) is 14.7. The lowest BCUT2D eigenvalue weighted by Gasteiger charge is -2.15. The minimum Gasteiger partial charge on any atom is -0.442 e. The summed E-state index contributed by atoms with van der Waals surface area (Å²) < 4.78 is 21.0. The van der Waals surface area contributed by atoms with Crippen molar-refractivity contribution in [1.29, 1.82) is 0 Å². The zero-order valence-electron chi connectivity index (χ0n) is 19.7. The van der Waals surface area contributed by atoms with E-state index in [1.54, 1.807) is 37.3 Å². The number of hydrogen-bond donors (Lipinski definition) is 2. The second kappa shape index (κ2) is 11.5. The smallest absolute Gasteiger partial charge is 0.414 e. The van der Waals surface area contributed by atoms with Gasteiger partial charge in [0.25, 0.3) is 5.69 Å². The number of carbonyl (C=O) groups is 1. The van der Waals surface area contributed by atoms with Gasteiger partial charge < -0.3 is 15.4 Å². The van der Waals surface area contributed by atoms with Crippen LogP contribution < -0.4 is 21.0 Å². The fourth-order valence-electron chi connectivity index (χ4n) is 3.74. The maximum Gasteiger partial charge on any atom is 0.414 e. The molecule has 1 atom stereocenters. The lowest BCUT2D eigenvalue weighted by atomic mass is 10.1. The minimum absolute atomic E-state index is 0.0173. The summed E-state index contributed by atoms with van der Waals surface area (Å²) in [5.41, 5.74) is 1.13. The van der Waals surface area contributed by atoms with Gasteiger partial charge in [-0.15, -0.1) is 0 Å². The Hall–Kier alpha value is -3.42. The van der Waals surface area contributed by atoms with Crippen molar-refractivity contribution < 1.29 is 18.8 Å². The van der Waals surface area contributed by atoms with Gasteiger partial charge in [-0.3, -0.25) is 19.8 Å². The van der Waals surface area contributed by atoms with Crippen LogP contribution in [0.4, 0.5) is 31.9 Å². The minimum atomic E-state index is -0.684. The molecule has 1 heterocycles. The van der Waals surface area contributed by atoms with Gasteiger partial charge in [-0.25, -0.2) is 9.18 Å². The second-order valence-electron chi connectivity index (χ2n) is 8.29. The zero-order chi connectivity index (χ0) is 27.6. The number of anilines is 3. The van der Waals surface area contributed by atoms with Crippen LogP contribution in [-0.2, 0) is 4.74 Å². The van der Waals surface area contributed by atoms with Gasteiger partial charge in [0.1, 0.15) is 17.6 Å². The number of nitrogens with one attached hydrogen (secondary N) is 2. The van der Waals surface area contributed by atoms with E-state index in [2.05, 4.69) is 42.5 Å². The molecule has 0 radical (unpaired) electrons. The Morgan fingerprint density at radius 1 is 1.13 bits per heavy atom. The van der Waals surface area contributed by atoms with Crippen molar-refractivity contribution in [2.45, 2.75) is 13.0 Å². The first kappa shape index (κ1) is 27.6. The summed E-state index contributed by atoms with van der Waals surface area (Å²) in [5.74, 6) is -0.684. The molecule has 0 unspecified atom stereocenters. The van der Waals surface area contributed by atoms with Crippen molar-refractivity contribution in [3.05, 3.63) is 89.7 Å². The fraction of sp³-hybridized carbons (Fsp3) is 0.160. The van der Waals surface area contributed by atoms with Crippen LogP contribution in [0.15, 0.2) is 68.3 Å². The van der Waals surface area contributed by atoms with Gasteiger partial charge in [0.05, 0.1) is 38.8 Å². The SMILES string of the molecule is CC(=S)NC[C@H]1CN(c2ccc(Nc3c(Br)cc(-c4ccc([N+](=O)[O-])cc4)cc(Br)c3=O)c(F)c2)C(=O)O1. The number of nitro benzene ring substituents is 1. The molecule has 0 aromatic heterocycles. The van der Waals surface area contributed by atoms with E-state index in [4.69, 9.17) is 17.0 Å². The van der Waals surface area contributed by atoms with E-state index < -0.39 is 28.4 Å². The molecule has 1 aliphatic rings. The number of ether oxygens (including phenoxy) is 1. The number of hydrogen-bond acceptors (Lipinski definition) is 7. The Labute approximate surface area is 238 Å². The molecule has 13 heteroatoms. The number of nitro groups is 1. The summed E-state index contributed by atoms with van der Waals surface area (Å²) in [6.45, 7) is 2.30. The van der Waals surface area contributed by atoms with Crippen LogP contribution in [0.1, 0.15) is 6.92 Å². The molecule has 0 aliphatic carbocycles. The standard InChI is InChI=1S/C25H19Br2FN4O5S/c1-13(38)29-11-18-12-31(25(34)37-18)17-6-7-22(21(28)10-17)30-23-19(26)8-15(9-20(27)24(23)33)14-2-4-16(5-3-14)32(35)36/h2-10,18H,11-12H2,1H3,(H,29,38)(H,30,33)/t18-/m0/s1. The van der Waals surface area contributed by atoms with Crippen molar-refractivity contribution in [3.8, 4) is 11.1 Å². The topological polar surface area (TPSA) is 114 Å². The Bertz CT molecular complexity index is 1510. The number of rotatable bonds is 7. The van der Waals surface area contributed by atoms with Crippen LogP contribution in [0.3, 0.4) is 0 Å². The molecule has 0 bridgehead atoms. The Morgan fingerprint density at radius 2 is 1.82 bits per heavy atom. The lowest BCUT2D eigenvalue weighted by molar-refractivity contribution is -0.384. The first-order valence-electron chi connectivity index (χ1n) is 11.1. The predicted octanol–water partition coefficient (Wildman–Crippen LogP) is 6.29. The van der Waals surface area contributed by atoms with E-state index in [9.17, 15) is 19.7 Å². The van der Waals surface area contributed by atoms with Gasteiger partial charge in [-0.2, -0.15) is 0 Å². The van der Waals surface area contributed by atoms with E-state index in [0.29, 0.717) is 32.8 Å². The van der Waals surface area contributed by atoms with Crippen molar-refractivity contribution in [2.24, 2.45) is 0 Å². The van der Waals surface area contributed by atoms with Crippen molar-refractivity contribution in [2.75, 3.05) is 23.3 Å². The summed E-state index contributed by atoms with van der Waals surface area (Å²) in [7, 11) is 0. The maximum absolute atomic E-state index is 15.1. The van der Waals surface area contributed by atoms with Gasteiger partial charge in [0.15, 0.2) is 0 Å². The number of amides is 1. The molecule has 196 valence electrons. The Kier molecular flexibility index (Phi) is 8.38. The maximum atomic E-state index is 15.1. The molecule has 1 aliphatic heterocycles. The van der Waals surface area contributed by atoms with Gasteiger partial charge in [0, 0.05) is 16.6 Å². The van der Waals surface area contributed by atoms with E-state index in [0.717, 1.165) is 0 Å². The number of non-ortho nitro benzene ring substituents is 1. The highest BCUT2D eigenvalue weighted by Gasteiger charge is 2.32. The summed E-state index contributed by atoms with van der Waals surface area (Å²) in [6.07, 6.45) is -1.03. The van der Waals surface area contributed by atoms with Crippen LogP contribution in [-0.4, -0.2) is 35.2 Å². The largest absolute Gasteiger partial charge is 0.442 e. The number of halogens is 3. The number of nitrogens with zero attached hydrogens (tertiary/aromatic N) is 2. The zero-order valence-corrected chi connectivity index (χ0v) is 23.7. The van der Waals surface area contributed by atoms with Crippen LogP contribution >= 0.6 is 44.1 Å². The van der Waals surface area contributed by atoms with Crippen molar-refractivity contribution in [1.82, 2.24) is 5.32 Å².